The van der Waals surface area contributed by atoms with Crippen LogP contribution in [0.4, 0.5) is 9.18 Å². The second kappa shape index (κ2) is 5.54. The Hall–Kier alpha value is -0.930. The summed E-state index contributed by atoms with van der Waals surface area (Å²) in [4.78, 5) is 23.1. The van der Waals surface area contributed by atoms with Crippen LogP contribution in [0.5, 0.6) is 0 Å². The Balaban J connectivity index is 1.54. The van der Waals surface area contributed by atoms with Gasteiger partial charge in [0.05, 0.1) is 0 Å². The monoisotopic (exact) mass is 336 g/mol. The molecule has 134 valence electrons. The maximum Gasteiger partial charge on any atom is 0.495 e. The summed E-state index contributed by atoms with van der Waals surface area (Å²) < 4.78 is 17.5. The van der Waals surface area contributed by atoms with Gasteiger partial charge in [0.15, 0.2) is 0 Å². The number of halogens is 1. The highest BCUT2D eigenvalue weighted by Crippen LogP contribution is 2.65. The van der Waals surface area contributed by atoms with Crippen molar-refractivity contribution >= 4 is 12.0 Å². The molecule has 0 aliphatic heterocycles. The van der Waals surface area contributed by atoms with Crippen LogP contribution in [0.2, 0.25) is 0 Å². The molecule has 0 bridgehead atoms. The predicted octanol–water partition coefficient (Wildman–Crippen LogP) is 5.07. The first-order chi connectivity index (χ1) is 11.3. The van der Waals surface area contributed by atoms with Gasteiger partial charge in [-0.25, -0.2) is 4.79 Å². The molecule has 0 amide bonds. The van der Waals surface area contributed by atoms with E-state index in [-0.39, 0.29) is 16.9 Å². The van der Waals surface area contributed by atoms with E-state index in [1.165, 1.54) is 6.42 Å². The average Bonchev–Trinajstić information content (AvgIpc) is 2.83. The van der Waals surface area contributed by atoms with Gasteiger partial charge in [0.2, 0.25) is 0 Å². The molecule has 4 saturated carbocycles. The van der Waals surface area contributed by atoms with Crippen LogP contribution < -0.4 is 0 Å². The molecule has 0 unspecified atom stereocenters. The molecule has 4 fully saturated rings. The normalized spacial score (nSPS) is 50.6. The summed E-state index contributed by atoms with van der Waals surface area (Å²) in [6.07, 6.45) is 7.14. The van der Waals surface area contributed by atoms with Gasteiger partial charge in [-0.15, -0.1) is 4.39 Å². The smallest absolute Gasteiger partial charge is 0.437 e. The summed E-state index contributed by atoms with van der Waals surface area (Å²) in [6, 6.07) is 0. The SMILES string of the molecule is C[C@]12CC[C@H](OC(=O)F)C[C@@H]1CC[C@@H]1[C@H]2CC[C@]2(C)C(=O)CC[C@@H]12. The quantitative estimate of drug-likeness (QED) is 0.628. The van der Waals surface area contributed by atoms with E-state index in [1.54, 1.807) is 0 Å². The third kappa shape index (κ3) is 2.28. The van der Waals surface area contributed by atoms with E-state index in [2.05, 4.69) is 13.8 Å². The van der Waals surface area contributed by atoms with Crippen molar-refractivity contribution < 1.29 is 18.7 Å². The lowest BCUT2D eigenvalue weighted by molar-refractivity contribution is -0.142. The van der Waals surface area contributed by atoms with Crippen LogP contribution in [0.3, 0.4) is 0 Å². The van der Waals surface area contributed by atoms with Gasteiger partial charge in [-0.1, -0.05) is 13.8 Å². The number of ether oxygens (including phenoxy) is 1. The minimum Gasteiger partial charge on any atom is -0.437 e. The van der Waals surface area contributed by atoms with Gasteiger partial charge in [0.25, 0.3) is 0 Å². The highest BCUT2D eigenvalue weighted by molar-refractivity contribution is 5.87. The lowest BCUT2D eigenvalue weighted by Crippen LogP contribution is -2.54. The fraction of sp³-hybridized carbons (Fsp3) is 0.900. The first kappa shape index (κ1) is 16.5. The van der Waals surface area contributed by atoms with Gasteiger partial charge < -0.3 is 4.74 Å². The molecule has 0 N–H and O–H groups in total. The topological polar surface area (TPSA) is 43.4 Å². The molecular formula is C20H29FO3. The van der Waals surface area contributed by atoms with E-state index in [0.717, 1.165) is 51.4 Å². The molecule has 24 heavy (non-hydrogen) atoms. The van der Waals surface area contributed by atoms with Crippen molar-refractivity contribution in [2.24, 2.45) is 34.5 Å². The first-order valence-electron chi connectivity index (χ1n) is 9.74. The molecule has 0 saturated heterocycles. The lowest BCUT2D eigenvalue weighted by atomic mass is 9.45. The summed E-state index contributed by atoms with van der Waals surface area (Å²) >= 11 is 0. The molecule has 7 atom stereocenters. The second-order valence-corrected chi connectivity index (χ2v) is 9.33. The minimum absolute atomic E-state index is 0.0642. The van der Waals surface area contributed by atoms with Crippen molar-refractivity contribution in [3.8, 4) is 0 Å². The van der Waals surface area contributed by atoms with Crippen molar-refractivity contribution in [3.05, 3.63) is 0 Å². The number of Topliss-reactive ketones (excluding diaryl/α,β-unsaturated/α-hetero) is 1. The zero-order chi connectivity index (χ0) is 17.1. The second-order valence-electron chi connectivity index (χ2n) is 9.33. The molecule has 4 aliphatic rings. The molecule has 0 aromatic carbocycles. The molecule has 3 nitrogen and oxygen atoms in total. The largest absolute Gasteiger partial charge is 0.495 e. The van der Waals surface area contributed by atoms with Crippen LogP contribution in [0, 0.1) is 34.5 Å². The number of carbonyl (C=O) groups is 2. The molecule has 0 radical (unpaired) electrons. The van der Waals surface area contributed by atoms with E-state index in [4.69, 9.17) is 4.74 Å². The Morgan fingerprint density at radius 3 is 2.62 bits per heavy atom. The minimum atomic E-state index is -1.63. The number of fused-ring (bicyclic) bond motifs is 5. The summed E-state index contributed by atoms with van der Waals surface area (Å²) in [5.41, 5.74) is 0.209. The molecule has 0 spiro atoms. The molecule has 4 rings (SSSR count). The van der Waals surface area contributed by atoms with Crippen LogP contribution in [-0.2, 0) is 9.53 Å². The van der Waals surface area contributed by atoms with Crippen LogP contribution in [0.15, 0.2) is 0 Å². The molecule has 0 aromatic heterocycles. The third-order valence-corrected chi connectivity index (χ3v) is 8.59. The summed E-state index contributed by atoms with van der Waals surface area (Å²) in [5.74, 6) is 2.96. The fourth-order valence-corrected chi connectivity index (χ4v) is 7.23. The van der Waals surface area contributed by atoms with Gasteiger partial charge in [0.1, 0.15) is 11.9 Å². The zero-order valence-electron chi connectivity index (χ0n) is 14.9. The molecule has 4 heteroatoms. The van der Waals surface area contributed by atoms with E-state index >= 15 is 0 Å². The van der Waals surface area contributed by atoms with Gasteiger partial charge in [0, 0.05) is 11.8 Å². The van der Waals surface area contributed by atoms with Crippen LogP contribution in [-0.4, -0.2) is 18.1 Å². The standard InChI is InChI=1S/C20H29FO3/c1-19-9-7-13(24-18(21)23)11-12(19)3-4-14-15-5-6-17(22)20(15,2)10-8-16(14)19/h12-16H,3-11H2,1-2H3/t12-,13-,14-,15-,16+,19-,20-/m0/s1. The van der Waals surface area contributed by atoms with Crippen molar-refractivity contribution in [3.63, 3.8) is 0 Å². The Bertz CT molecular complexity index is 561. The van der Waals surface area contributed by atoms with Gasteiger partial charge in [-0.2, -0.15) is 0 Å². The Morgan fingerprint density at radius 1 is 1.08 bits per heavy atom. The molecule has 4 aliphatic carbocycles. The molecule has 0 aromatic rings. The molecule has 0 heterocycles. The van der Waals surface area contributed by atoms with Crippen LogP contribution in [0.25, 0.3) is 0 Å². The maximum absolute atomic E-state index is 12.6. The van der Waals surface area contributed by atoms with Crippen molar-refractivity contribution in [2.45, 2.75) is 77.7 Å². The Labute approximate surface area is 143 Å². The van der Waals surface area contributed by atoms with E-state index < -0.39 is 6.22 Å². The van der Waals surface area contributed by atoms with Gasteiger partial charge in [-0.3, -0.25) is 4.79 Å². The summed E-state index contributed by atoms with van der Waals surface area (Å²) in [6.45, 7) is 4.64. The van der Waals surface area contributed by atoms with Gasteiger partial charge >= 0.3 is 6.22 Å². The zero-order valence-corrected chi connectivity index (χ0v) is 14.9. The van der Waals surface area contributed by atoms with Crippen molar-refractivity contribution in [1.82, 2.24) is 0 Å². The number of carbonyl (C=O) groups excluding carboxylic acids is 2. The number of rotatable bonds is 1. The Kier molecular flexibility index (Phi) is 3.81. The van der Waals surface area contributed by atoms with Crippen molar-refractivity contribution in [1.29, 1.82) is 0 Å². The fourth-order valence-electron chi connectivity index (χ4n) is 7.23. The number of hydrogen-bond acceptors (Lipinski definition) is 3. The van der Waals surface area contributed by atoms with Crippen LogP contribution >= 0.6 is 0 Å². The average molecular weight is 336 g/mol. The van der Waals surface area contributed by atoms with E-state index in [9.17, 15) is 14.0 Å². The summed E-state index contributed by atoms with van der Waals surface area (Å²) in [7, 11) is 0. The Morgan fingerprint density at radius 2 is 1.88 bits per heavy atom. The highest BCUT2D eigenvalue weighted by atomic mass is 19.1. The van der Waals surface area contributed by atoms with E-state index in [0.29, 0.717) is 29.5 Å². The van der Waals surface area contributed by atoms with E-state index in [1.807, 2.05) is 0 Å². The summed E-state index contributed by atoms with van der Waals surface area (Å²) in [5, 5.41) is 0. The highest BCUT2D eigenvalue weighted by Gasteiger charge is 2.60. The lowest BCUT2D eigenvalue weighted by Gasteiger charge is -2.60. The predicted molar refractivity (Wildman–Crippen MR) is 88.1 cm³/mol. The van der Waals surface area contributed by atoms with Crippen LogP contribution in [0.1, 0.15) is 71.6 Å². The van der Waals surface area contributed by atoms with Crippen molar-refractivity contribution in [2.75, 3.05) is 0 Å². The third-order valence-electron chi connectivity index (χ3n) is 8.59. The maximum atomic E-state index is 12.6. The number of hydrogen-bond donors (Lipinski definition) is 0. The van der Waals surface area contributed by atoms with Gasteiger partial charge in [-0.05, 0) is 80.5 Å². The first-order valence-corrected chi connectivity index (χ1v) is 9.74. The number of ketones is 1. The molecular weight excluding hydrogens is 307 g/mol.